The lowest BCUT2D eigenvalue weighted by Gasteiger charge is -2.00. The van der Waals surface area contributed by atoms with Crippen LogP contribution in [0.2, 0.25) is 0 Å². The summed E-state index contributed by atoms with van der Waals surface area (Å²) in [7, 11) is 0. The van der Waals surface area contributed by atoms with Crippen molar-refractivity contribution in [2.45, 2.75) is 13.0 Å². The van der Waals surface area contributed by atoms with E-state index in [0.717, 1.165) is 5.56 Å². The number of fused-ring (bicyclic) bond motifs is 1. The Morgan fingerprint density at radius 1 is 1.25 bits per heavy atom. The quantitative estimate of drug-likeness (QED) is 0.608. The number of aliphatic imine (C=N–C) groups is 1. The minimum absolute atomic E-state index is 0.0643. The second-order valence-corrected chi connectivity index (χ2v) is 2.66. The van der Waals surface area contributed by atoms with Crippen LogP contribution in [0.15, 0.2) is 29.3 Å². The molecule has 0 saturated heterocycles. The van der Waals surface area contributed by atoms with Gasteiger partial charge in [0.2, 0.25) is 0 Å². The Kier molecular flexibility index (Phi) is 1.64. The maximum absolute atomic E-state index is 12.3. The molecule has 0 aliphatic carbocycles. The lowest BCUT2D eigenvalue weighted by molar-refractivity contribution is 0.226. The number of halogens is 2. The highest BCUT2D eigenvalue weighted by atomic mass is 19.3. The molecule has 1 aromatic rings. The van der Waals surface area contributed by atoms with Gasteiger partial charge < -0.3 is 0 Å². The SMILES string of the molecule is FC(F)C1=NCc2ccccc21. The van der Waals surface area contributed by atoms with Crippen LogP contribution in [0.1, 0.15) is 11.1 Å². The van der Waals surface area contributed by atoms with Crippen LogP contribution < -0.4 is 0 Å². The summed E-state index contributed by atoms with van der Waals surface area (Å²) in [5.74, 6) is 0. The summed E-state index contributed by atoms with van der Waals surface area (Å²) in [4.78, 5) is 3.77. The smallest absolute Gasteiger partial charge is 0.278 e. The Bertz CT molecular complexity index is 331. The number of nitrogens with zero attached hydrogens (tertiary/aromatic N) is 1. The molecule has 0 N–H and O–H groups in total. The van der Waals surface area contributed by atoms with E-state index in [9.17, 15) is 8.78 Å². The maximum Gasteiger partial charge on any atom is 0.280 e. The molecule has 3 heteroatoms. The van der Waals surface area contributed by atoms with E-state index in [2.05, 4.69) is 4.99 Å². The molecule has 1 aromatic carbocycles. The van der Waals surface area contributed by atoms with Gasteiger partial charge in [-0.2, -0.15) is 0 Å². The summed E-state index contributed by atoms with van der Waals surface area (Å²) in [5.41, 5.74) is 1.44. The summed E-state index contributed by atoms with van der Waals surface area (Å²) < 4.78 is 24.6. The Morgan fingerprint density at radius 2 is 2.00 bits per heavy atom. The maximum atomic E-state index is 12.3. The molecular formula is C9H7F2N. The van der Waals surface area contributed by atoms with Gasteiger partial charge in [-0.05, 0) is 5.56 Å². The molecule has 62 valence electrons. The minimum Gasteiger partial charge on any atom is -0.278 e. The fraction of sp³-hybridized carbons (Fsp3) is 0.222. The standard InChI is InChI=1S/C9H7F2N/c10-9(11)8-7-4-2-1-3-6(7)5-12-8/h1-4,9H,5H2. The van der Waals surface area contributed by atoms with Gasteiger partial charge in [-0.15, -0.1) is 0 Å². The molecule has 1 aliphatic heterocycles. The van der Waals surface area contributed by atoms with E-state index in [1.165, 1.54) is 0 Å². The monoisotopic (exact) mass is 167 g/mol. The molecule has 0 unspecified atom stereocenters. The number of alkyl halides is 2. The van der Waals surface area contributed by atoms with Gasteiger partial charge in [-0.25, -0.2) is 8.78 Å². The molecule has 0 spiro atoms. The van der Waals surface area contributed by atoms with Crippen molar-refractivity contribution in [1.29, 1.82) is 0 Å². The van der Waals surface area contributed by atoms with Crippen molar-refractivity contribution in [1.82, 2.24) is 0 Å². The van der Waals surface area contributed by atoms with Crippen LogP contribution in [0.25, 0.3) is 0 Å². The average molecular weight is 167 g/mol. The van der Waals surface area contributed by atoms with Crippen molar-refractivity contribution in [3.63, 3.8) is 0 Å². The molecule has 2 rings (SSSR count). The van der Waals surface area contributed by atoms with E-state index in [4.69, 9.17) is 0 Å². The third kappa shape index (κ3) is 1.02. The second-order valence-electron chi connectivity index (χ2n) is 2.66. The summed E-state index contributed by atoms with van der Waals surface area (Å²) in [6, 6.07) is 7.10. The van der Waals surface area contributed by atoms with E-state index in [0.29, 0.717) is 12.1 Å². The number of hydrogen-bond donors (Lipinski definition) is 0. The molecule has 0 bridgehead atoms. The number of rotatable bonds is 1. The van der Waals surface area contributed by atoms with E-state index in [-0.39, 0.29) is 5.71 Å². The summed E-state index contributed by atoms with van der Waals surface area (Å²) in [6.45, 7) is 0.399. The molecule has 1 nitrogen and oxygen atoms in total. The molecule has 0 aromatic heterocycles. The van der Waals surface area contributed by atoms with E-state index >= 15 is 0 Å². The molecule has 0 radical (unpaired) electrons. The molecule has 0 atom stereocenters. The van der Waals surface area contributed by atoms with Crippen LogP contribution in [0, 0.1) is 0 Å². The highest BCUT2D eigenvalue weighted by Gasteiger charge is 2.22. The van der Waals surface area contributed by atoms with Crippen LogP contribution in [-0.4, -0.2) is 12.1 Å². The van der Waals surface area contributed by atoms with Crippen LogP contribution in [0.4, 0.5) is 8.78 Å². The van der Waals surface area contributed by atoms with Crippen LogP contribution in [-0.2, 0) is 6.54 Å². The van der Waals surface area contributed by atoms with Gasteiger partial charge in [0, 0.05) is 5.56 Å². The van der Waals surface area contributed by atoms with Crippen molar-refractivity contribution in [3.8, 4) is 0 Å². The van der Waals surface area contributed by atoms with Crippen LogP contribution >= 0.6 is 0 Å². The Labute approximate surface area is 68.7 Å². The van der Waals surface area contributed by atoms with Gasteiger partial charge in [-0.1, -0.05) is 24.3 Å². The van der Waals surface area contributed by atoms with E-state index < -0.39 is 6.43 Å². The lowest BCUT2D eigenvalue weighted by atomic mass is 10.1. The average Bonchev–Trinajstić information content (AvgIpc) is 2.47. The molecule has 12 heavy (non-hydrogen) atoms. The summed E-state index contributed by atoms with van der Waals surface area (Å²) in [5, 5.41) is 0. The first kappa shape index (κ1) is 7.40. The van der Waals surface area contributed by atoms with E-state index in [1.54, 1.807) is 12.1 Å². The van der Waals surface area contributed by atoms with Gasteiger partial charge in [0.1, 0.15) is 5.71 Å². The van der Waals surface area contributed by atoms with Gasteiger partial charge in [0.25, 0.3) is 6.43 Å². The summed E-state index contributed by atoms with van der Waals surface area (Å²) in [6.07, 6.45) is -2.45. The van der Waals surface area contributed by atoms with Crippen molar-refractivity contribution in [3.05, 3.63) is 35.4 Å². The second kappa shape index (κ2) is 2.66. The highest BCUT2D eigenvalue weighted by molar-refractivity contribution is 6.05. The van der Waals surface area contributed by atoms with Crippen LogP contribution in [0.5, 0.6) is 0 Å². The highest BCUT2D eigenvalue weighted by Crippen LogP contribution is 2.21. The summed E-state index contributed by atoms with van der Waals surface area (Å²) >= 11 is 0. The van der Waals surface area contributed by atoms with Crippen molar-refractivity contribution < 1.29 is 8.78 Å². The Morgan fingerprint density at radius 3 is 2.75 bits per heavy atom. The molecule has 1 heterocycles. The first-order valence-corrected chi connectivity index (χ1v) is 3.70. The molecule has 0 saturated carbocycles. The lowest BCUT2D eigenvalue weighted by Crippen LogP contribution is -2.09. The third-order valence-corrected chi connectivity index (χ3v) is 1.92. The van der Waals surface area contributed by atoms with Crippen LogP contribution in [0.3, 0.4) is 0 Å². The zero-order valence-corrected chi connectivity index (χ0v) is 6.30. The molecule has 0 amide bonds. The molecular weight excluding hydrogens is 160 g/mol. The normalized spacial score (nSPS) is 14.8. The fourth-order valence-corrected chi connectivity index (χ4v) is 1.35. The topological polar surface area (TPSA) is 12.4 Å². The Hall–Kier alpha value is -1.25. The molecule has 0 fully saturated rings. The third-order valence-electron chi connectivity index (χ3n) is 1.92. The zero-order valence-electron chi connectivity index (χ0n) is 6.30. The van der Waals surface area contributed by atoms with Gasteiger partial charge >= 0.3 is 0 Å². The van der Waals surface area contributed by atoms with Crippen molar-refractivity contribution >= 4 is 5.71 Å². The molecule has 1 aliphatic rings. The van der Waals surface area contributed by atoms with Gasteiger partial charge in [0.05, 0.1) is 6.54 Å². The predicted molar refractivity (Wildman–Crippen MR) is 42.7 cm³/mol. The minimum atomic E-state index is -2.45. The first-order chi connectivity index (χ1) is 5.79. The first-order valence-electron chi connectivity index (χ1n) is 3.70. The fourth-order valence-electron chi connectivity index (χ4n) is 1.35. The largest absolute Gasteiger partial charge is 0.280 e. The van der Waals surface area contributed by atoms with Crippen molar-refractivity contribution in [2.75, 3.05) is 0 Å². The zero-order chi connectivity index (χ0) is 8.55. The van der Waals surface area contributed by atoms with Crippen molar-refractivity contribution in [2.24, 2.45) is 4.99 Å². The Balaban J connectivity index is 2.45. The van der Waals surface area contributed by atoms with E-state index in [1.807, 2.05) is 12.1 Å². The number of hydrogen-bond acceptors (Lipinski definition) is 1. The number of benzene rings is 1. The van der Waals surface area contributed by atoms with Gasteiger partial charge in [-0.3, -0.25) is 4.99 Å². The predicted octanol–water partition coefficient (Wildman–Crippen LogP) is 2.25. The van der Waals surface area contributed by atoms with Gasteiger partial charge in [0.15, 0.2) is 0 Å².